The van der Waals surface area contributed by atoms with E-state index >= 15 is 0 Å². The van der Waals surface area contributed by atoms with Gasteiger partial charge in [0, 0.05) is 18.0 Å². The Labute approximate surface area is 98.3 Å². The van der Waals surface area contributed by atoms with Gasteiger partial charge in [-0.3, -0.25) is 4.79 Å². The lowest BCUT2D eigenvalue weighted by atomic mass is 10.1. The van der Waals surface area contributed by atoms with Crippen molar-refractivity contribution in [2.45, 2.75) is 13.8 Å². The molecule has 0 aliphatic carbocycles. The molecule has 0 aliphatic heterocycles. The first kappa shape index (κ1) is 11.1. The smallest absolute Gasteiger partial charge is 0.252 e. The van der Waals surface area contributed by atoms with E-state index in [2.05, 4.69) is 10.1 Å². The zero-order valence-electron chi connectivity index (χ0n) is 9.64. The van der Waals surface area contributed by atoms with Gasteiger partial charge < -0.3 is 11.5 Å². The lowest BCUT2D eigenvalue weighted by Crippen LogP contribution is -2.18. The number of primary amides is 1. The van der Waals surface area contributed by atoms with Crippen molar-refractivity contribution < 1.29 is 4.79 Å². The Morgan fingerprint density at radius 3 is 2.65 bits per heavy atom. The molecular formula is C11H13N5O. The molecule has 0 radical (unpaired) electrons. The van der Waals surface area contributed by atoms with Crippen molar-refractivity contribution in [3.8, 4) is 5.82 Å². The number of hydrogen-bond acceptors (Lipinski definition) is 4. The number of nitrogen functional groups attached to an aromatic ring is 1. The molecule has 0 spiro atoms. The fourth-order valence-electron chi connectivity index (χ4n) is 1.74. The highest BCUT2D eigenvalue weighted by Crippen LogP contribution is 2.17. The number of hydrogen-bond donors (Lipinski definition) is 2. The monoisotopic (exact) mass is 231 g/mol. The highest BCUT2D eigenvalue weighted by molar-refractivity contribution is 5.97. The number of nitrogens with zero attached hydrogens (tertiary/aromatic N) is 3. The molecule has 2 aromatic rings. The molecule has 17 heavy (non-hydrogen) atoms. The SMILES string of the molecule is Cc1cc(C)c(C(N)=O)c(-n2ccc(N)n2)n1. The van der Waals surface area contributed by atoms with Crippen molar-refractivity contribution in [3.63, 3.8) is 0 Å². The largest absolute Gasteiger partial charge is 0.382 e. The van der Waals surface area contributed by atoms with E-state index in [-0.39, 0.29) is 0 Å². The van der Waals surface area contributed by atoms with Crippen molar-refractivity contribution in [1.82, 2.24) is 14.8 Å². The van der Waals surface area contributed by atoms with Crippen LogP contribution < -0.4 is 11.5 Å². The Bertz CT molecular complexity index is 588. The third-order valence-corrected chi connectivity index (χ3v) is 2.40. The summed E-state index contributed by atoms with van der Waals surface area (Å²) in [6, 6.07) is 3.43. The van der Waals surface area contributed by atoms with Crippen LogP contribution in [0.1, 0.15) is 21.6 Å². The van der Waals surface area contributed by atoms with Crippen LogP contribution in [0.5, 0.6) is 0 Å². The van der Waals surface area contributed by atoms with Crippen LogP contribution in [0, 0.1) is 13.8 Å². The maximum Gasteiger partial charge on any atom is 0.252 e. The molecule has 0 fully saturated rings. The number of aromatic nitrogens is 3. The summed E-state index contributed by atoms with van der Waals surface area (Å²) in [6.45, 7) is 3.65. The van der Waals surface area contributed by atoms with E-state index in [1.165, 1.54) is 4.68 Å². The topological polar surface area (TPSA) is 99.8 Å². The van der Waals surface area contributed by atoms with Crippen molar-refractivity contribution in [1.29, 1.82) is 0 Å². The van der Waals surface area contributed by atoms with Gasteiger partial charge in [-0.2, -0.15) is 0 Å². The first-order valence-corrected chi connectivity index (χ1v) is 5.08. The standard InChI is InChI=1S/C11H13N5O/c1-6-5-7(2)14-11(9(6)10(13)17)16-4-3-8(12)15-16/h3-5H,1-2H3,(H2,12,15)(H2,13,17). The van der Waals surface area contributed by atoms with Gasteiger partial charge in [-0.05, 0) is 25.5 Å². The normalized spacial score (nSPS) is 10.5. The molecule has 1 amide bonds. The summed E-state index contributed by atoms with van der Waals surface area (Å²) in [5, 5.41) is 4.03. The average molecular weight is 231 g/mol. The van der Waals surface area contributed by atoms with Gasteiger partial charge in [0.2, 0.25) is 0 Å². The van der Waals surface area contributed by atoms with Crippen molar-refractivity contribution in [3.05, 3.63) is 35.2 Å². The van der Waals surface area contributed by atoms with E-state index in [4.69, 9.17) is 11.5 Å². The number of carbonyl (C=O) groups excluding carboxylic acids is 1. The van der Waals surface area contributed by atoms with Gasteiger partial charge in [0.15, 0.2) is 5.82 Å². The second-order valence-corrected chi connectivity index (χ2v) is 3.83. The lowest BCUT2D eigenvalue weighted by Gasteiger charge is -2.09. The van der Waals surface area contributed by atoms with E-state index in [9.17, 15) is 4.79 Å². The number of amides is 1. The van der Waals surface area contributed by atoms with Gasteiger partial charge in [0.25, 0.3) is 5.91 Å². The summed E-state index contributed by atoms with van der Waals surface area (Å²) in [7, 11) is 0. The summed E-state index contributed by atoms with van der Waals surface area (Å²) < 4.78 is 1.45. The Morgan fingerprint density at radius 2 is 2.12 bits per heavy atom. The minimum atomic E-state index is -0.529. The highest BCUT2D eigenvalue weighted by Gasteiger charge is 2.16. The number of pyridine rings is 1. The molecule has 0 bridgehead atoms. The molecule has 0 saturated heterocycles. The molecule has 6 heteroatoms. The molecule has 4 N–H and O–H groups in total. The zero-order valence-corrected chi connectivity index (χ0v) is 9.64. The van der Waals surface area contributed by atoms with E-state index in [0.29, 0.717) is 17.2 Å². The number of rotatable bonds is 2. The second-order valence-electron chi connectivity index (χ2n) is 3.83. The second kappa shape index (κ2) is 3.89. The molecule has 6 nitrogen and oxygen atoms in total. The van der Waals surface area contributed by atoms with Crippen molar-refractivity contribution in [2.75, 3.05) is 5.73 Å². The maximum atomic E-state index is 11.4. The van der Waals surface area contributed by atoms with Crippen molar-refractivity contribution in [2.24, 2.45) is 5.73 Å². The number of aryl methyl sites for hydroxylation is 2. The summed E-state index contributed by atoms with van der Waals surface area (Å²) in [5.41, 5.74) is 12.8. The van der Waals surface area contributed by atoms with Gasteiger partial charge in [0.1, 0.15) is 5.82 Å². The molecule has 2 aromatic heterocycles. The molecule has 2 rings (SSSR count). The Kier molecular flexibility index (Phi) is 2.55. The average Bonchev–Trinajstić information content (AvgIpc) is 2.62. The predicted molar refractivity (Wildman–Crippen MR) is 63.8 cm³/mol. The van der Waals surface area contributed by atoms with Gasteiger partial charge in [-0.1, -0.05) is 0 Å². The van der Waals surface area contributed by atoms with E-state index in [1.54, 1.807) is 18.3 Å². The molecule has 0 atom stereocenters. The first-order chi connectivity index (χ1) is 7.99. The molecule has 0 unspecified atom stereocenters. The number of nitrogens with two attached hydrogens (primary N) is 2. The summed E-state index contributed by atoms with van der Waals surface area (Å²) >= 11 is 0. The third kappa shape index (κ3) is 1.96. The van der Waals surface area contributed by atoms with Gasteiger partial charge in [-0.25, -0.2) is 9.67 Å². The highest BCUT2D eigenvalue weighted by atomic mass is 16.1. The van der Waals surface area contributed by atoms with E-state index < -0.39 is 5.91 Å². The van der Waals surface area contributed by atoms with E-state index in [1.807, 2.05) is 13.8 Å². The van der Waals surface area contributed by atoms with Crippen molar-refractivity contribution >= 4 is 11.7 Å². The van der Waals surface area contributed by atoms with Crippen LogP contribution in [0.4, 0.5) is 5.82 Å². The lowest BCUT2D eigenvalue weighted by molar-refractivity contribution is 0.0999. The van der Waals surface area contributed by atoms with Crippen LogP contribution in [0.2, 0.25) is 0 Å². The molecule has 0 aliphatic rings. The Morgan fingerprint density at radius 1 is 1.41 bits per heavy atom. The van der Waals surface area contributed by atoms with Gasteiger partial charge >= 0.3 is 0 Å². The molecular weight excluding hydrogens is 218 g/mol. The molecule has 0 saturated carbocycles. The molecule has 2 heterocycles. The van der Waals surface area contributed by atoms with E-state index in [0.717, 1.165) is 11.3 Å². The third-order valence-electron chi connectivity index (χ3n) is 2.40. The summed E-state index contributed by atoms with van der Waals surface area (Å²) in [6.07, 6.45) is 1.64. The van der Waals surface area contributed by atoms with Gasteiger partial charge in [0.05, 0.1) is 5.56 Å². The summed E-state index contributed by atoms with van der Waals surface area (Å²) in [5.74, 6) is 0.243. The fraction of sp³-hybridized carbons (Fsp3) is 0.182. The van der Waals surface area contributed by atoms with Crippen LogP contribution >= 0.6 is 0 Å². The number of carbonyl (C=O) groups is 1. The maximum absolute atomic E-state index is 11.4. The fourth-order valence-corrected chi connectivity index (χ4v) is 1.74. The van der Waals surface area contributed by atoms with Gasteiger partial charge in [-0.15, -0.1) is 5.10 Å². The minimum absolute atomic E-state index is 0.360. The van der Waals surface area contributed by atoms with Crippen LogP contribution in [-0.2, 0) is 0 Å². The predicted octanol–water partition coefficient (Wildman–Crippen LogP) is 0.565. The molecule has 88 valence electrons. The van der Waals surface area contributed by atoms with Crippen LogP contribution in [0.3, 0.4) is 0 Å². The Hall–Kier alpha value is -2.37. The Balaban J connectivity index is 2.71. The zero-order chi connectivity index (χ0) is 12.6. The minimum Gasteiger partial charge on any atom is -0.382 e. The number of anilines is 1. The quantitative estimate of drug-likeness (QED) is 0.788. The summed E-state index contributed by atoms with van der Waals surface area (Å²) in [4.78, 5) is 15.7. The van der Waals surface area contributed by atoms with Crippen LogP contribution in [-0.4, -0.2) is 20.7 Å². The molecule has 0 aromatic carbocycles. The first-order valence-electron chi connectivity index (χ1n) is 5.08. The van der Waals surface area contributed by atoms with Crippen LogP contribution in [0.25, 0.3) is 5.82 Å². The van der Waals surface area contributed by atoms with Crippen LogP contribution in [0.15, 0.2) is 18.3 Å².